The number of rotatable bonds is 4. The standard InChI is InChI=1S/C21H25N5O2/c1-3-25-13-17(19(27)16-10-9-14(2)23-20(16)25)21(28)24-18-11-12-22-26(18)15-7-5-4-6-8-15/h9-13,15H,3-8H2,1-2H3,(H,24,28). The maximum atomic E-state index is 13.0. The maximum Gasteiger partial charge on any atom is 0.262 e. The van der Waals surface area contributed by atoms with Crippen molar-refractivity contribution >= 4 is 22.8 Å². The van der Waals surface area contributed by atoms with Crippen molar-refractivity contribution in [2.45, 2.75) is 58.5 Å². The summed E-state index contributed by atoms with van der Waals surface area (Å²) in [6.45, 7) is 4.47. The normalized spacial score (nSPS) is 15.1. The molecule has 28 heavy (non-hydrogen) atoms. The van der Waals surface area contributed by atoms with Gasteiger partial charge >= 0.3 is 0 Å². The lowest BCUT2D eigenvalue weighted by Crippen LogP contribution is -2.26. The fourth-order valence-electron chi connectivity index (χ4n) is 3.98. The minimum Gasteiger partial charge on any atom is -0.332 e. The lowest BCUT2D eigenvalue weighted by atomic mass is 9.96. The van der Waals surface area contributed by atoms with Crippen molar-refractivity contribution in [3.63, 3.8) is 0 Å². The van der Waals surface area contributed by atoms with Gasteiger partial charge in [-0.05, 0) is 38.8 Å². The summed E-state index contributed by atoms with van der Waals surface area (Å²) >= 11 is 0. The predicted octanol–water partition coefficient (Wildman–Crippen LogP) is 3.68. The fourth-order valence-corrected chi connectivity index (χ4v) is 3.98. The zero-order chi connectivity index (χ0) is 19.7. The highest BCUT2D eigenvalue weighted by Crippen LogP contribution is 2.30. The van der Waals surface area contributed by atoms with Crippen LogP contribution in [-0.2, 0) is 6.54 Å². The number of anilines is 1. The molecule has 0 aliphatic heterocycles. The van der Waals surface area contributed by atoms with Crippen LogP contribution in [0, 0.1) is 6.92 Å². The molecule has 1 N–H and O–H groups in total. The average Bonchev–Trinajstić information content (AvgIpc) is 3.17. The van der Waals surface area contributed by atoms with Crippen LogP contribution in [0.2, 0.25) is 0 Å². The van der Waals surface area contributed by atoms with Gasteiger partial charge < -0.3 is 9.88 Å². The molecule has 4 rings (SSSR count). The van der Waals surface area contributed by atoms with Crippen LogP contribution in [0.5, 0.6) is 0 Å². The van der Waals surface area contributed by atoms with E-state index in [9.17, 15) is 9.59 Å². The number of aryl methyl sites for hydroxylation is 2. The molecular weight excluding hydrogens is 354 g/mol. The summed E-state index contributed by atoms with van der Waals surface area (Å²) in [5.74, 6) is 0.230. The number of carbonyl (C=O) groups excluding carboxylic acids is 1. The highest BCUT2D eigenvalue weighted by molar-refractivity contribution is 6.05. The Balaban J connectivity index is 1.69. The van der Waals surface area contributed by atoms with Gasteiger partial charge in [0.1, 0.15) is 17.0 Å². The van der Waals surface area contributed by atoms with Gasteiger partial charge in [-0.3, -0.25) is 9.59 Å². The summed E-state index contributed by atoms with van der Waals surface area (Å²) in [5, 5.41) is 7.77. The number of pyridine rings is 2. The second-order valence-electron chi connectivity index (χ2n) is 7.39. The van der Waals surface area contributed by atoms with Gasteiger partial charge in [0.25, 0.3) is 5.91 Å². The molecule has 1 fully saturated rings. The smallest absolute Gasteiger partial charge is 0.262 e. The summed E-state index contributed by atoms with van der Waals surface area (Å²) in [7, 11) is 0. The van der Waals surface area contributed by atoms with Gasteiger partial charge in [0, 0.05) is 24.5 Å². The Morgan fingerprint density at radius 1 is 1.21 bits per heavy atom. The Labute approximate surface area is 163 Å². The van der Waals surface area contributed by atoms with Crippen molar-refractivity contribution in [1.29, 1.82) is 0 Å². The summed E-state index contributed by atoms with van der Waals surface area (Å²) < 4.78 is 3.73. The molecule has 7 nitrogen and oxygen atoms in total. The van der Waals surface area contributed by atoms with E-state index in [1.165, 1.54) is 19.3 Å². The van der Waals surface area contributed by atoms with Crippen LogP contribution in [0.15, 0.2) is 35.4 Å². The Morgan fingerprint density at radius 2 is 2.00 bits per heavy atom. The van der Waals surface area contributed by atoms with Crippen LogP contribution in [0.4, 0.5) is 5.82 Å². The largest absolute Gasteiger partial charge is 0.332 e. The van der Waals surface area contributed by atoms with E-state index in [-0.39, 0.29) is 11.0 Å². The number of hydrogen-bond acceptors (Lipinski definition) is 4. The highest BCUT2D eigenvalue weighted by Gasteiger charge is 2.21. The second-order valence-corrected chi connectivity index (χ2v) is 7.39. The predicted molar refractivity (Wildman–Crippen MR) is 109 cm³/mol. The van der Waals surface area contributed by atoms with Crippen molar-refractivity contribution < 1.29 is 4.79 Å². The van der Waals surface area contributed by atoms with Gasteiger partial charge in [-0.2, -0.15) is 5.10 Å². The van der Waals surface area contributed by atoms with Crippen molar-refractivity contribution in [2.24, 2.45) is 0 Å². The first-order chi connectivity index (χ1) is 13.6. The maximum absolute atomic E-state index is 13.0. The number of nitrogens with one attached hydrogen (secondary N) is 1. The SMILES string of the molecule is CCn1cc(C(=O)Nc2ccnn2C2CCCCC2)c(=O)c2ccc(C)nc21. The third-order valence-corrected chi connectivity index (χ3v) is 5.48. The van der Waals surface area contributed by atoms with Crippen LogP contribution in [0.1, 0.15) is 61.1 Å². The lowest BCUT2D eigenvalue weighted by Gasteiger charge is -2.23. The van der Waals surface area contributed by atoms with Crippen LogP contribution in [0.3, 0.4) is 0 Å². The first-order valence-corrected chi connectivity index (χ1v) is 9.94. The number of hydrogen-bond donors (Lipinski definition) is 1. The Morgan fingerprint density at radius 3 is 2.75 bits per heavy atom. The molecule has 1 aliphatic rings. The Bertz CT molecular complexity index is 1080. The number of nitrogens with zero attached hydrogens (tertiary/aromatic N) is 4. The molecule has 3 heterocycles. The summed E-state index contributed by atoms with van der Waals surface area (Å²) in [5.41, 5.74) is 1.27. The Hall–Kier alpha value is -2.96. The average molecular weight is 379 g/mol. The molecule has 0 atom stereocenters. The van der Waals surface area contributed by atoms with E-state index in [0.29, 0.717) is 29.4 Å². The van der Waals surface area contributed by atoms with Crippen molar-refractivity contribution in [3.05, 3.63) is 52.1 Å². The molecule has 0 aromatic carbocycles. The molecule has 3 aromatic rings. The van der Waals surface area contributed by atoms with Gasteiger partial charge in [0.2, 0.25) is 5.43 Å². The van der Waals surface area contributed by atoms with E-state index in [4.69, 9.17) is 0 Å². The topological polar surface area (TPSA) is 81.8 Å². The number of aromatic nitrogens is 4. The van der Waals surface area contributed by atoms with Crippen molar-refractivity contribution in [3.8, 4) is 0 Å². The van der Waals surface area contributed by atoms with Crippen molar-refractivity contribution in [1.82, 2.24) is 19.3 Å². The quantitative estimate of drug-likeness (QED) is 0.750. The minimum atomic E-state index is -0.410. The summed E-state index contributed by atoms with van der Waals surface area (Å²) in [6.07, 6.45) is 9.03. The fraction of sp³-hybridized carbons (Fsp3) is 0.429. The number of fused-ring (bicyclic) bond motifs is 1. The van der Waals surface area contributed by atoms with Gasteiger partial charge in [0.15, 0.2) is 0 Å². The number of amides is 1. The Kier molecular flexibility index (Phi) is 4.98. The van der Waals surface area contributed by atoms with Gasteiger partial charge in [-0.25, -0.2) is 9.67 Å². The van der Waals surface area contributed by atoms with Gasteiger partial charge in [-0.1, -0.05) is 19.3 Å². The molecule has 0 radical (unpaired) electrons. The molecule has 1 amide bonds. The zero-order valence-corrected chi connectivity index (χ0v) is 16.3. The molecule has 0 unspecified atom stereocenters. The van der Waals surface area contributed by atoms with Crippen LogP contribution in [-0.4, -0.2) is 25.2 Å². The van der Waals surface area contributed by atoms with Gasteiger partial charge in [0.05, 0.1) is 17.6 Å². The third kappa shape index (κ3) is 3.32. The molecule has 1 saturated carbocycles. The molecule has 3 aromatic heterocycles. The van der Waals surface area contributed by atoms with E-state index in [1.54, 1.807) is 30.6 Å². The first kappa shape index (κ1) is 18.4. The molecule has 7 heteroatoms. The summed E-state index contributed by atoms with van der Waals surface area (Å²) in [6, 6.07) is 5.63. The number of carbonyl (C=O) groups is 1. The second kappa shape index (κ2) is 7.58. The molecule has 1 aliphatic carbocycles. The molecule has 0 bridgehead atoms. The molecule has 146 valence electrons. The van der Waals surface area contributed by atoms with E-state index < -0.39 is 5.91 Å². The molecule has 0 spiro atoms. The van der Waals surface area contributed by atoms with E-state index >= 15 is 0 Å². The minimum absolute atomic E-state index is 0.122. The van der Waals surface area contributed by atoms with E-state index in [1.807, 2.05) is 23.1 Å². The summed E-state index contributed by atoms with van der Waals surface area (Å²) in [4.78, 5) is 30.4. The third-order valence-electron chi connectivity index (χ3n) is 5.48. The van der Waals surface area contributed by atoms with Crippen LogP contribution in [0.25, 0.3) is 11.0 Å². The van der Waals surface area contributed by atoms with E-state index in [2.05, 4.69) is 15.4 Å². The first-order valence-electron chi connectivity index (χ1n) is 9.94. The van der Waals surface area contributed by atoms with Crippen LogP contribution < -0.4 is 10.7 Å². The molecule has 0 saturated heterocycles. The van der Waals surface area contributed by atoms with Crippen molar-refractivity contribution in [2.75, 3.05) is 5.32 Å². The van der Waals surface area contributed by atoms with E-state index in [0.717, 1.165) is 18.5 Å². The zero-order valence-electron chi connectivity index (χ0n) is 16.3. The van der Waals surface area contributed by atoms with Crippen LogP contribution >= 0.6 is 0 Å². The lowest BCUT2D eigenvalue weighted by molar-refractivity contribution is 0.102. The monoisotopic (exact) mass is 379 g/mol. The highest BCUT2D eigenvalue weighted by atomic mass is 16.2. The van der Waals surface area contributed by atoms with Gasteiger partial charge in [-0.15, -0.1) is 0 Å². The molecular formula is C21H25N5O2.